The standard InChI is InChI=1S/C19H25N3O3/c1-15-14-16-4-2-3-5-17(16)22(19(15)24)8-6-18(23)20-7-9-21-10-12-25-13-11-21/h2-5,14H,6-13H2,1H3,(H,20,23). The molecule has 1 aromatic heterocycles. The summed E-state index contributed by atoms with van der Waals surface area (Å²) in [5, 5.41) is 3.97. The number of hydrogen-bond acceptors (Lipinski definition) is 4. The highest BCUT2D eigenvalue weighted by atomic mass is 16.5. The molecule has 0 saturated carbocycles. The molecule has 6 heteroatoms. The largest absolute Gasteiger partial charge is 0.379 e. The first kappa shape index (κ1) is 17.6. The van der Waals surface area contributed by atoms with Gasteiger partial charge in [-0.25, -0.2) is 0 Å². The van der Waals surface area contributed by atoms with E-state index >= 15 is 0 Å². The van der Waals surface area contributed by atoms with Gasteiger partial charge in [0.1, 0.15) is 0 Å². The second-order valence-electron chi connectivity index (χ2n) is 6.40. The number of aromatic nitrogens is 1. The Hall–Kier alpha value is -2.18. The molecular formula is C19H25N3O3. The lowest BCUT2D eigenvalue weighted by Crippen LogP contribution is -2.41. The van der Waals surface area contributed by atoms with Gasteiger partial charge in [-0.2, -0.15) is 0 Å². The quantitative estimate of drug-likeness (QED) is 0.855. The Bertz CT molecular complexity index is 794. The van der Waals surface area contributed by atoms with Crippen LogP contribution in [0.5, 0.6) is 0 Å². The second-order valence-corrected chi connectivity index (χ2v) is 6.40. The summed E-state index contributed by atoms with van der Waals surface area (Å²) in [5.74, 6) is -0.0225. The van der Waals surface area contributed by atoms with E-state index in [-0.39, 0.29) is 11.5 Å². The van der Waals surface area contributed by atoms with Crippen molar-refractivity contribution in [1.29, 1.82) is 0 Å². The fraction of sp³-hybridized carbons (Fsp3) is 0.474. The van der Waals surface area contributed by atoms with E-state index in [4.69, 9.17) is 4.74 Å². The number of carbonyl (C=O) groups excluding carboxylic acids is 1. The van der Waals surface area contributed by atoms with E-state index in [1.54, 1.807) is 4.57 Å². The van der Waals surface area contributed by atoms with Gasteiger partial charge in [-0.05, 0) is 24.4 Å². The summed E-state index contributed by atoms with van der Waals surface area (Å²) >= 11 is 0. The molecule has 0 spiro atoms. The zero-order valence-electron chi connectivity index (χ0n) is 14.7. The van der Waals surface area contributed by atoms with Gasteiger partial charge in [0.25, 0.3) is 5.56 Å². The van der Waals surface area contributed by atoms with Gasteiger partial charge in [0, 0.05) is 44.7 Å². The molecule has 0 atom stereocenters. The summed E-state index contributed by atoms with van der Waals surface area (Å²) < 4.78 is 7.01. The van der Waals surface area contributed by atoms with Crippen LogP contribution in [0.15, 0.2) is 35.1 Å². The zero-order valence-corrected chi connectivity index (χ0v) is 14.7. The Labute approximate surface area is 147 Å². The minimum absolute atomic E-state index is 0.0225. The first-order chi connectivity index (χ1) is 12.1. The van der Waals surface area contributed by atoms with Crippen LogP contribution in [0.4, 0.5) is 0 Å². The maximum Gasteiger partial charge on any atom is 0.253 e. The molecule has 1 aliphatic heterocycles. The molecule has 25 heavy (non-hydrogen) atoms. The molecule has 1 N–H and O–H groups in total. The van der Waals surface area contributed by atoms with Gasteiger partial charge in [-0.3, -0.25) is 14.5 Å². The van der Waals surface area contributed by atoms with Crippen LogP contribution >= 0.6 is 0 Å². The van der Waals surface area contributed by atoms with E-state index in [2.05, 4.69) is 10.2 Å². The van der Waals surface area contributed by atoms with Crippen LogP contribution < -0.4 is 10.9 Å². The number of nitrogens with one attached hydrogen (secondary N) is 1. The minimum Gasteiger partial charge on any atom is -0.379 e. The molecule has 2 heterocycles. The average molecular weight is 343 g/mol. The van der Waals surface area contributed by atoms with E-state index in [1.807, 2.05) is 37.3 Å². The first-order valence-electron chi connectivity index (χ1n) is 8.81. The fourth-order valence-electron chi connectivity index (χ4n) is 3.17. The number of rotatable bonds is 6. The molecule has 0 aliphatic carbocycles. The number of fused-ring (bicyclic) bond motifs is 1. The fourth-order valence-corrected chi connectivity index (χ4v) is 3.17. The number of benzene rings is 1. The maximum absolute atomic E-state index is 12.4. The second kappa shape index (κ2) is 8.27. The summed E-state index contributed by atoms with van der Waals surface area (Å²) in [5.41, 5.74) is 1.55. The van der Waals surface area contributed by atoms with Crippen LogP contribution in [0.3, 0.4) is 0 Å². The Morgan fingerprint density at radius 2 is 1.96 bits per heavy atom. The van der Waals surface area contributed by atoms with E-state index in [0.717, 1.165) is 43.8 Å². The molecule has 3 rings (SSSR count). The molecule has 6 nitrogen and oxygen atoms in total. The van der Waals surface area contributed by atoms with Gasteiger partial charge in [-0.15, -0.1) is 0 Å². The van der Waals surface area contributed by atoms with Gasteiger partial charge in [0.2, 0.25) is 5.91 Å². The number of pyridine rings is 1. The van der Waals surface area contributed by atoms with E-state index in [1.165, 1.54) is 0 Å². The normalized spacial score (nSPS) is 15.4. The SMILES string of the molecule is Cc1cc2ccccc2n(CCC(=O)NCCN2CCOCC2)c1=O. The Balaban J connectivity index is 1.56. The van der Waals surface area contributed by atoms with E-state index in [0.29, 0.717) is 25.1 Å². The number of hydrogen-bond donors (Lipinski definition) is 1. The van der Waals surface area contributed by atoms with Gasteiger partial charge in [-0.1, -0.05) is 18.2 Å². The Kier molecular flexibility index (Phi) is 5.83. The topological polar surface area (TPSA) is 63.6 Å². The molecule has 134 valence electrons. The van der Waals surface area contributed by atoms with Crippen LogP contribution in [-0.2, 0) is 16.1 Å². The molecule has 0 bridgehead atoms. The lowest BCUT2D eigenvalue weighted by atomic mass is 10.1. The van der Waals surface area contributed by atoms with Crippen molar-refractivity contribution < 1.29 is 9.53 Å². The van der Waals surface area contributed by atoms with E-state index in [9.17, 15) is 9.59 Å². The third kappa shape index (κ3) is 4.46. The number of aryl methyl sites for hydroxylation is 2. The average Bonchev–Trinajstić information content (AvgIpc) is 2.63. The number of para-hydroxylation sites is 1. The highest BCUT2D eigenvalue weighted by Gasteiger charge is 2.11. The number of nitrogens with zero attached hydrogens (tertiary/aromatic N) is 2. The highest BCUT2D eigenvalue weighted by Crippen LogP contribution is 2.13. The van der Waals surface area contributed by atoms with Gasteiger partial charge < -0.3 is 14.6 Å². The third-order valence-corrected chi connectivity index (χ3v) is 4.60. The molecule has 1 saturated heterocycles. The lowest BCUT2D eigenvalue weighted by Gasteiger charge is -2.26. The first-order valence-corrected chi connectivity index (χ1v) is 8.81. The molecule has 0 unspecified atom stereocenters. The Morgan fingerprint density at radius 1 is 1.20 bits per heavy atom. The van der Waals surface area contributed by atoms with Crippen LogP contribution in [0, 0.1) is 6.92 Å². The molecule has 0 radical (unpaired) electrons. The van der Waals surface area contributed by atoms with Crippen molar-refractivity contribution in [3.05, 3.63) is 46.2 Å². The molecule has 1 aliphatic rings. The van der Waals surface area contributed by atoms with Crippen molar-refractivity contribution in [3.63, 3.8) is 0 Å². The maximum atomic E-state index is 12.4. The van der Waals surface area contributed by atoms with Crippen molar-refractivity contribution >= 4 is 16.8 Å². The predicted molar refractivity (Wildman–Crippen MR) is 97.8 cm³/mol. The number of ether oxygens (including phenoxy) is 1. The lowest BCUT2D eigenvalue weighted by molar-refractivity contribution is -0.121. The number of carbonyl (C=O) groups is 1. The molecule has 1 fully saturated rings. The van der Waals surface area contributed by atoms with Gasteiger partial charge in [0.15, 0.2) is 0 Å². The summed E-state index contributed by atoms with van der Waals surface area (Å²) in [6.45, 7) is 7.03. The summed E-state index contributed by atoms with van der Waals surface area (Å²) in [6.07, 6.45) is 0.302. The molecule has 2 aromatic rings. The van der Waals surface area contributed by atoms with Crippen molar-refractivity contribution in [2.75, 3.05) is 39.4 Å². The monoisotopic (exact) mass is 343 g/mol. The molecule has 1 amide bonds. The molecule has 1 aromatic carbocycles. The number of amides is 1. The summed E-state index contributed by atoms with van der Waals surface area (Å²) in [4.78, 5) is 26.8. The Morgan fingerprint density at radius 3 is 2.76 bits per heavy atom. The van der Waals surface area contributed by atoms with Crippen LogP contribution in [0.1, 0.15) is 12.0 Å². The van der Waals surface area contributed by atoms with Crippen molar-refractivity contribution in [1.82, 2.24) is 14.8 Å². The zero-order chi connectivity index (χ0) is 17.6. The van der Waals surface area contributed by atoms with Crippen LogP contribution in [-0.4, -0.2) is 54.8 Å². The smallest absolute Gasteiger partial charge is 0.253 e. The van der Waals surface area contributed by atoms with Crippen LogP contribution in [0.25, 0.3) is 10.9 Å². The van der Waals surface area contributed by atoms with E-state index < -0.39 is 0 Å². The molecular weight excluding hydrogens is 318 g/mol. The number of morpholine rings is 1. The van der Waals surface area contributed by atoms with Gasteiger partial charge in [0.05, 0.1) is 18.7 Å². The summed E-state index contributed by atoms with van der Waals surface area (Å²) in [7, 11) is 0. The predicted octanol–water partition coefficient (Wildman–Crippen LogP) is 1.15. The van der Waals surface area contributed by atoms with Crippen LogP contribution in [0.2, 0.25) is 0 Å². The summed E-state index contributed by atoms with van der Waals surface area (Å²) in [6, 6.07) is 9.68. The minimum atomic E-state index is -0.0279. The third-order valence-electron chi connectivity index (χ3n) is 4.60. The van der Waals surface area contributed by atoms with Crippen molar-refractivity contribution in [2.24, 2.45) is 0 Å². The van der Waals surface area contributed by atoms with Gasteiger partial charge >= 0.3 is 0 Å². The van der Waals surface area contributed by atoms with Crippen molar-refractivity contribution in [2.45, 2.75) is 19.9 Å². The highest BCUT2D eigenvalue weighted by molar-refractivity contribution is 5.80. The van der Waals surface area contributed by atoms with Crippen molar-refractivity contribution in [3.8, 4) is 0 Å².